The lowest BCUT2D eigenvalue weighted by Crippen LogP contribution is -2.30. The number of nitro benzene ring substituents is 1. The van der Waals surface area contributed by atoms with Crippen LogP contribution in [0.15, 0.2) is 42.5 Å². The molecule has 26 heavy (non-hydrogen) atoms. The van der Waals surface area contributed by atoms with Crippen molar-refractivity contribution in [2.75, 3.05) is 5.32 Å². The summed E-state index contributed by atoms with van der Waals surface area (Å²) < 4.78 is 18.6. The van der Waals surface area contributed by atoms with Gasteiger partial charge in [0, 0.05) is 16.7 Å². The van der Waals surface area contributed by atoms with Gasteiger partial charge in [0.1, 0.15) is 11.5 Å². The van der Waals surface area contributed by atoms with Crippen LogP contribution in [0.3, 0.4) is 0 Å². The Balaban J connectivity index is 2.01. The number of hydrogen-bond donors (Lipinski definition) is 1. The van der Waals surface area contributed by atoms with E-state index in [4.69, 9.17) is 16.3 Å². The molecule has 0 saturated carbocycles. The number of ether oxygens (including phenoxy) is 1. The molecule has 2 rings (SSSR count). The van der Waals surface area contributed by atoms with Crippen molar-refractivity contribution in [2.24, 2.45) is 0 Å². The summed E-state index contributed by atoms with van der Waals surface area (Å²) in [6.45, 7) is 1.30. The molecule has 0 fully saturated rings. The topological polar surface area (TPSA) is 98.5 Å². The van der Waals surface area contributed by atoms with E-state index in [1.807, 2.05) is 0 Å². The van der Waals surface area contributed by atoms with Crippen LogP contribution in [0.2, 0.25) is 5.02 Å². The summed E-state index contributed by atoms with van der Waals surface area (Å²) in [7, 11) is 0. The van der Waals surface area contributed by atoms with Crippen molar-refractivity contribution in [2.45, 2.75) is 19.4 Å². The first-order valence-corrected chi connectivity index (χ1v) is 7.84. The summed E-state index contributed by atoms with van der Waals surface area (Å²) in [5, 5.41) is 13.3. The molecule has 1 atom stereocenters. The van der Waals surface area contributed by atoms with Crippen molar-refractivity contribution in [3.05, 3.63) is 69.0 Å². The van der Waals surface area contributed by atoms with Crippen molar-refractivity contribution in [1.29, 1.82) is 0 Å². The molecule has 0 unspecified atom stereocenters. The van der Waals surface area contributed by atoms with Crippen molar-refractivity contribution in [1.82, 2.24) is 0 Å². The first-order chi connectivity index (χ1) is 12.3. The third-order valence-electron chi connectivity index (χ3n) is 3.42. The number of nitro groups is 1. The average molecular weight is 381 g/mol. The molecule has 136 valence electrons. The van der Waals surface area contributed by atoms with Gasteiger partial charge in [0.2, 0.25) is 0 Å². The fraction of sp³-hybridized carbons (Fsp3) is 0.176. The Labute approximate surface area is 152 Å². The highest BCUT2D eigenvalue weighted by atomic mass is 35.5. The zero-order chi connectivity index (χ0) is 19.3. The monoisotopic (exact) mass is 380 g/mol. The van der Waals surface area contributed by atoms with E-state index >= 15 is 0 Å². The summed E-state index contributed by atoms with van der Waals surface area (Å²) in [6, 6.07) is 9.53. The van der Waals surface area contributed by atoms with Gasteiger partial charge in [-0.25, -0.2) is 4.39 Å². The molecule has 2 aromatic rings. The minimum absolute atomic E-state index is 0.0254. The van der Waals surface area contributed by atoms with Crippen molar-refractivity contribution in [3.63, 3.8) is 0 Å². The molecule has 0 aliphatic rings. The molecular formula is C17H14ClFN2O5. The number of nitrogens with one attached hydrogen (secondary N) is 1. The van der Waals surface area contributed by atoms with E-state index in [0.29, 0.717) is 0 Å². The first-order valence-electron chi connectivity index (χ1n) is 7.46. The number of carbonyl (C=O) groups is 2. The van der Waals surface area contributed by atoms with Crippen LogP contribution in [0.1, 0.15) is 12.5 Å². The highest BCUT2D eigenvalue weighted by Crippen LogP contribution is 2.24. The Kier molecular flexibility index (Phi) is 6.24. The van der Waals surface area contributed by atoms with E-state index < -0.39 is 35.1 Å². The van der Waals surface area contributed by atoms with Crippen LogP contribution in [0, 0.1) is 15.9 Å². The largest absolute Gasteiger partial charge is 0.452 e. The molecule has 0 heterocycles. The molecule has 0 radical (unpaired) electrons. The Hall–Kier alpha value is -3.00. The highest BCUT2D eigenvalue weighted by Gasteiger charge is 2.22. The Morgan fingerprint density at radius 2 is 1.96 bits per heavy atom. The van der Waals surface area contributed by atoms with E-state index in [0.717, 1.165) is 6.07 Å². The van der Waals surface area contributed by atoms with E-state index in [9.17, 15) is 24.1 Å². The zero-order valence-electron chi connectivity index (χ0n) is 13.6. The Morgan fingerprint density at radius 3 is 2.62 bits per heavy atom. The minimum atomic E-state index is -1.24. The normalized spacial score (nSPS) is 11.5. The van der Waals surface area contributed by atoms with Gasteiger partial charge in [0.25, 0.3) is 11.6 Å². The fourth-order valence-electron chi connectivity index (χ4n) is 2.11. The molecule has 7 nitrogen and oxygen atoms in total. The van der Waals surface area contributed by atoms with Gasteiger partial charge < -0.3 is 10.1 Å². The van der Waals surface area contributed by atoms with Gasteiger partial charge in [0.15, 0.2) is 6.10 Å². The molecule has 1 N–H and O–H groups in total. The van der Waals surface area contributed by atoms with Gasteiger partial charge >= 0.3 is 5.97 Å². The van der Waals surface area contributed by atoms with Gasteiger partial charge in [-0.15, -0.1) is 0 Å². The zero-order valence-corrected chi connectivity index (χ0v) is 14.3. The minimum Gasteiger partial charge on any atom is -0.452 e. The number of rotatable bonds is 6. The van der Waals surface area contributed by atoms with Crippen LogP contribution >= 0.6 is 11.6 Å². The quantitative estimate of drug-likeness (QED) is 0.469. The number of hydrogen-bond acceptors (Lipinski definition) is 5. The van der Waals surface area contributed by atoms with Crippen LogP contribution < -0.4 is 5.32 Å². The number of amides is 1. The maximum absolute atomic E-state index is 13.7. The lowest BCUT2D eigenvalue weighted by atomic mass is 10.1. The van der Waals surface area contributed by atoms with Crippen LogP contribution in [0.25, 0.3) is 0 Å². The number of esters is 1. The molecule has 9 heteroatoms. The molecule has 1 amide bonds. The predicted octanol–water partition coefficient (Wildman–Crippen LogP) is 3.50. The van der Waals surface area contributed by atoms with Crippen molar-refractivity contribution < 1.29 is 23.6 Å². The molecule has 0 spiro atoms. The van der Waals surface area contributed by atoms with E-state index in [-0.39, 0.29) is 22.0 Å². The van der Waals surface area contributed by atoms with Gasteiger partial charge in [-0.3, -0.25) is 19.7 Å². The van der Waals surface area contributed by atoms with Crippen LogP contribution in [0.4, 0.5) is 15.8 Å². The second-order valence-corrected chi connectivity index (χ2v) is 5.68. The van der Waals surface area contributed by atoms with Crippen LogP contribution in [0.5, 0.6) is 0 Å². The second kappa shape index (κ2) is 8.39. The summed E-state index contributed by atoms with van der Waals surface area (Å²) >= 11 is 5.84. The smallest absolute Gasteiger partial charge is 0.311 e. The standard InChI is InChI=1S/C17H14ClFN2O5/c1-10(17(23)20-14-7-2-3-8-15(14)21(24)25)26-16(22)9-11-12(18)5-4-6-13(11)19/h2-8,10H,9H2,1H3,(H,20,23)/t10-/m0/s1. The number of nitrogens with zero attached hydrogens (tertiary/aromatic N) is 1. The first kappa shape index (κ1) is 19.3. The summed E-state index contributed by atoms with van der Waals surface area (Å²) in [4.78, 5) is 34.3. The maximum Gasteiger partial charge on any atom is 0.311 e. The van der Waals surface area contributed by atoms with Gasteiger partial charge in [-0.05, 0) is 25.1 Å². The molecule has 2 aromatic carbocycles. The third kappa shape index (κ3) is 4.76. The Morgan fingerprint density at radius 1 is 1.27 bits per heavy atom. The SMILES string of the molecule is C[C@H](OC(=O)Cc1c(F)cccc1Cl)C(=O)Nc1ccccc1[N+](=O)[O-]. The van der Waals surface area contributed by atoms with E-state index in [1.54, 1.807) is 0 Å². The van der Waals surface area contributed by atoms with E-state index in [2.05, 4.69) is 5.32 Å². The van der Waals surface area contributed by atoms with Gasteiger partial charge in [-0.2, -0.15) is 0 Å². The lowest BCUT2D eigenvalue weighted by molar-refractivity contribution is -0.383. The number of halogens is 2. The fourth-order valence-corrected chi connectivity index (χ4v) is 2.34. The van der Waals surface area contributed by atoms with Gasteiger partial charge in [-0.1, -0.05) is 29.8 Å². The average Bonchev–Trinajstić information content (AvgIpc) is 2.58. The van der Waals surface area contributed by atoms with Gasteiger partial charge in [0.05, 0.1) is 11.3 Å². The molecule has 0 aliphatic carbocycles. The number of para-hydroxylation sites is 2. The summed E-state index contributed by atoms with van der Waals surface area (Å²) in [5.41, 5.74) is -0.356. The number of benzene rings is 2. The number of carbonyl (C=O) groups excluding carboxylic acids is 2. The Bertz CT molecular complexity index is 839. The van der Waals surface area contributed by atoms with Crippen LogP contribution in [-0.2, 0) is 20.7 Å². The number of anilines is 1. The highest BCUT2D eigenvalue weighted by molar-refractivity contribution is 6.31. The molecule has 0 aromatic heterocycles. The third-order valence-corrected chi connectivity index (χ3v) is 3.77. The van der Waals surface area contributed by atoms with Crippen LogP contribution in [-0.4, -0.2) is 22.9 Å². The second-order valence-electron chi connectivity index (χ2n) is 5.27. The molecule has 0 saturated heterocycles. The predicted molar refractivity (Wildman–Crippen MR) is 92.4 cm³/mol. The molecular weight excluding hydrogens is 367 g/mol. The molecule has 0 aliphatic heterocycles. The van der Waals surface area contributed by atoms with Crippen molar-refractivity contribution in [3.8, 4) is 0 Å². The van der Waals surface area contributed by atoms with E-state index in [1.165, 1.54) is 43.3 Å². The summed E-state index contributed by atoms with van der Waals surface area (Å²) in [5.74, 6) is -2.28. The maximum atomic E-state index is 13.7. The summed E-state index contributed by atoms with van der Waals surface area (Å²) in [6.07, 6.45) is -1.69. The lowest BCUT2D eigenvalue weighted by Gasteiger charge is -2.14. The van der Waals surface area contributed by atoms with Crippen molar-refractivity contribution >= 4 is 34.9 Å². The molecule has 0 bridgehead atoms.